The van der Waals surface area contributed by atoms with Gasteiger partial charge in [0, 0.05) is 28.6 Å². The van der Waals surface area contributed by atoms with Crippen molar-refractivity contribution in [2.24, 2.45) is 5.41 Å². The number of benzene rings is 1. The van der Waals surface area contributed by atoms with Crippen LogP contribution in [0.2, 0.25) is 0 Å². The number of nitrogens with zero attached hydrogens (tertiary/aromatic N) is 1. The van der Waals surface area contributed by atoms with E-state index in [-0.39, 0.29) is 0 Å². The van der Waals surface area contributed by atoms with Crippen LogP contribution in [-0.4, -0.2) is 13.1 Å². The van der Waals surface area contributed by atoms with E-state index < -0.39 is 0 Å². The van der Waals surface area contributed by atoms with Crippen molar-refractivity contribution in [2.45, 2.75) is 50.3 Å². The van der Waals surface area contributed by atoms with E-state index >= 15 is 0 Å². The third-order valence-electron chi connectivity index (χ3n) is 5.27. The molecule has 0 amide bonds. The fraction of sp³-hybridized carbons (Fsp3) is 0.647. The van der Waals surface area contributed by atoms with Crippen LogP contribution in [0.15, 0.2) is 22.7 Å². The van der Waals surface area contributed by atoms with Gasteiger partial charge >= 0.3 is 0 Å². The van der Waals surface area contributed by atoms with Gasteiger partial charge in [-0.05, 0) is 48.8 Å². The maximum absolute atomic E-state index is 3.63. The Kier molecular flexibility index (Phi) is 4.76. The highest BCUT2D eigenvalue weighted by Crippen LogP contribution is 2.45. The van der Waals surface area contributed by atoms with Crippen molar-refractivity contribution in [1.82, 2.24) is 0 Å². The van der Waals surface area contributed by atoms with Crippen molar-refractivity contribution in [3.63, 3.8) is 0 Å². The molecule has 1 saturated carbocycles. The average molecular weight is 401 g/mol. The summed E-state index contributed by atoms with van der Waals surface area (Å²) in [5.41, 5.74) is 3.52. The SMILES string of the molecule is BrCc1ccc(Br)cc1N1CCC2(CCCCC2)CC1. The van der Waals surface area contributed by atoms with Crippen LogP contribution in [0.1, 0.15) is 50.5 Å². The van der Waals surface area contributed by atoms with E-state index in [1.54, 1.807) is 0 Å². The zero-order valence-electron chi connectivity index (χ0n) is 12.0. The van der Waals surface area contributed by atoms with Gasteiger partial charge in [0.15, 0.2) is 0 Å². The Morgan fingerprint density at radius 1 is 1.00 bits per heavy atom. The fourth-order valence-electron chi connectivity index (χ4n) is 3.97. The molecule has 0 radical (unpaired) electrons. The Balaban J connectivity index is 1.73. The first-order chi connectivity index (χ1) is 9.72. The van der Waals surface area contributed by atoms with Crippen molar-refractivity contribution in [2.75, 3.05) is 18.0 Å². The molecule has 3 heteroatoms. The van der Waals surface area contributed by atoms with Crippen molar-refractivity contribution >= 4 is 37.5 Å². The van der Waals surface area contributed by atoms with Crippen molar-refractivity contribution in [3.05, 3.63) is 28.2 Å². The standard InChI is InChI=1S/C17H23Br2N/c18-13-14-4-5-15(19)12-16(14)20-10-8-17(9-11-20)6-2-1-3-7-17/h4-5,12H,1-3,6-11,13H2. The van der Waals surface area contributed by atoms with E-state index in [2.05, 4.69) is 55.0 Å². The van der Waals surface area contributed by atoms with E-state index in [0.29, 0.717) is 5.41 Å². The predicted octanol–water partition coefficient (Wildman–Crippen LogP) is 5.89. The molecule has 1 nitrogen and oxygen atoms in total. The van der Waals surface area contributed by atoms with E-state index in [0.717, 1.165) is 5.33 Å². The van der Waals surface area contributed by atoms with Crippen LogP contribution < -0.4 is 4.90 Å². The van der Waals surface area contributed by atoms with Crippen LogP contribution in [-0.2, 0) is 5.33 Å². The van der Waals surface area contributed by atoms with Gasteiger partial charge in [0.2, 0.25) is 0 Å². The van der Waals surface area contributed by atoms with E-state index in [9.17, 15) is 0 Å². The second kappa shape index (κ2) is 6.39. The molecular formula is C17H23Br2N. The third kappa shape index (κ3) is 3.09. The normalized spacial score (nSPS) is 22.2. The number of rotatable bonds is 2. The summed E-state index contributed by atoms with van der Waals surface area (Å²) in [4.78, 5) is 2.60. The van der Waals surface area contributed by atoms with Gasteiger partial charge in [0.25, 0.3) is 0 Å². The Morgan fingerprint density at radius 3 is 2.35 bits per heavy atom. The molecule has 20 heavy (non-hydrogen) atoms. The number of hydrogen-bond acceptors (Lipinski definition) is 1. The highest BCUT2D eigenvalue weighted by atomic mass is 79.9. The molecule has 1 spiro atoms. The summed E-state index contributed by atoms with van der Waals surface area (Å²) in [6, 6.07) is 6.67. The highest BCUT2D eigenvalue weighted by molar-refractivity contribution is 9.10. The number of piperidine rings is 1. The lowest BCUT2D eigenvalue weighted by molar-refractivity contribution is 0.144. The molecule has 1 aliphatic carbocycles. The lowest BCUT2D eigenvalue weighted by Gasteiger charge is -2.45. The molecule has 0 unspecified atom stereocenters. The topological polar surface area (TPSA) is 3.24 Å². The van der Waals surface area contributed by atoms with Gasteiger partial charge in [-0.2, -0.15) is 0 Å². The Labute approximate surface area is 139 Å². The second-order valence-electron chi connectivity index (χ2n) is 6.45. The maximum atomic E-state index is 3.63. The van der Waals surface area contributed by atoms with Crippen LogP contribution in [0, 0.1) is 5.41 Å². The first-order valence-corrected chi connectivity index (χ1v) is 9.73. The van der Waals surface area contributed by atoms with Crippen LogP contribution in [0.5, 0.6) is 0 Å². The third-order valence-corrected chi connectivity index (χ3v) is 6.37. The molecule has 2 fully saturated rings. The summed E-state index contributed by atoms with van der Waals surface area (Å²) >= 11 is 7.25. The van der Waals surface area contributed by atoms with E-state index in [1.165, 1.54) is 73.8 Å². The minimum atomic E-state index is 0.690. The van der Waals surface area contributed by atoms with Gasteiger partial charge < -0.3 is 4.90 Å². The lowest BCUT2D eigenvalue weighted by Crippen LogP contribution is -2.41. The molecule has 0 aromatic heterocycles. The molecule has 1 aromatic rings. The maximum Gasteiger partial charge on any atom is 0.0418 e. The summed E-state index contributed by atoms with van der Waals surface area (Å²) in [7, 11) is 0. The summed E-state index contributed by atoms with van der Waals surface area (Å²) in [5, 5.41) is 0.942. The van der Waals surface area contributed by atoms with Gasteiger partial charge in [-0.25, -0.2) is 0 Å². The first-order valence-electron chi connectivity index (χ1n) is 7.82. The largest absolute Gasteiger partial charge is 0.371 e. The number of halogens is 2. The summed E-state index contributed by atoms with van der Waals surface area (Å²) in [5.74, 6) is 0. The Hall–Kier alpha value is -0.0200. The lowest BCUT2D eigenvalue weighted by atomic mass is 9.68. The molecule has 0 bridgehead atoms. The molecule has 1 aliphatic heterocycles. The fourth-order valence-corrected chi connectivity index (χ4v) is 4.79. The minimum absolute atomic E-state index is 0.690. The molecule has 3 rings (SSSR count). The van der Waals surface area contributed by atoms with Crippen LogP contribution in [0.3, 0.4) is 0 Å². The smallest absolute Gasteiger partial charge is 0.0418 e. The van der Waals surface area contributed by atoms with Gasteiger partial charge in [0.1, 0.15) is 0 Å². The quantitative estimate of drug-likeness (QED) is 0.559. The van der Waals surface area contributed by atoms with E-state index in [1.807, 2.05) is 0 Å². The van der Waals surface area contributed by atoms with E-state index in [4.69, 9.17) is 0 Å². The molecule has 2 aliphatic rings. The van der Waals surface area contributed by atoms with Crippen LogP contribution in [0.25, 0.3) is 0 Å². The number of anilines is 1. The Morgan fingerprint density at radius 2 is 1.70 bits per heavy atom. The van der Waals surface area contributed by atoms with Gasteiger partial charge in [-0.1, -0.05) is 57.2 Å². The first kappa shape index (κ1) is 14.9. The summed E-state index contributed by atoms with van der Waals surface area (Å²) in [6.07, 6.45) is 10.1. The van der Waals surface area contributed by atoms with Crippen molar-refractivity contribution in [3.8, 4) is 0 Å². The van der Waals surface area contributed by atoms with Gasteiger partial charge in [0.05, 0.1) is 0 Å². The second-order valence-corrected chi connectivity index (χ2v) is 7.93. The molecule has 1 heterocycles. The zero-order chi connectivity index (χ0) is 14.0. The molecule has 110 valence electrons. The van der Waals surface area contributed by atoms with Crippen molar-refractivity contribution in [1.29, 1.82) is 0 Å². The molecule has 1 saturated heterocycles. The summed E-state index contributed by atoms with van der Waals surface area (Å²) < 4.78 is 1.19. The number of hydrogen-bond donors (Lipinski definition) is 0. The molecule has 0 atom stereocenters. The van der Waals surface area contributed by atoms with Gasteiger partial charge in [-0.15, -0.1) is 0 Å². The zero-order valence-corrected chi connectivity index (χ0v) is 15.2. The molecule has 0 N–H and O–H groups in total. The average Bonchev–Trinajstić information content (AvgIpc) is 2.49. The molecular weight excluding hydrogens is 378 g/mol. The highest BCUT2D eigenvalue weighted by Gasteiger charge is 2.35. The summed E-state index contributed by atoms with van der Waals surface area (Å²) in [6.45, 7) is 2.47. The minimum Gasteiger partial charge on any atom is -0.371 e. The monoisotopic (exact) mass is 399 g/mol. The van der Waals surface area contributed by atoms with Crippen LogP contribution in [0.4, 0.5) is 5.69 Å². The van der Waals surface area contributed by atoms with Gasteiger partial charge in [-0.3, -0.25) is 0 Å². The number of alkyl halides is 1. The Bertz CT molecular complexity index is 456. The van der Waals surface area contributed by atoms with Crippen LogP contribution >= 0.6 is 31.9 Å². The van der Waals surface area contributed by atoms with Crippen molar-refractivity contribution < 1.29 is 0 Å². The predicted molar refractivity (Wildman–Crippen MR) is 93.7 cm³/mol. The molecule has 1 aromatic carbocycles.